The van der Waals surface area contributed by atoms with Gasteiger partial charge >= 0.3 is 6.09 Å². The second-order valence-electron chi connectivity index (χ2n) is 6.54. The third-order valence-corrected chi connectivity index (χ3v) is 3.01. The van der Waals surface area contributed by atoms with Crippen LogP contribution < -0.4 is 5.32 Å². The lowest BCUT2D eigenvalue weighted by molar-refractivity contribution is 0.0277. The fourth-order valence-electron chi connectivity index (χ4n) is 1.97. The summed E-state index contributed by atoms with van der Waals surface area (Å²) in [5.74, 6) is 0.343. The first-order chi connectivity index (χ1) is 9.69. The molecule has 0 aliphatic rings. The average molecular weight is 296 g/mol. The molecule has 1 unspecified atom stereocenters. The van der Waals surface area contributed by atoms with Crippen LogP contribution in [-0.2, 0) is 18.3 Å². The Morgan fingerprint density at radius 1 is 1.52 bits per heavy atom. The summed E-state index contributed by atoms with van der Waals surface area (Å²) in [5, 5.41) is 7.51. The largest absolute Gasteiger partial charge is 0.444 e. The SMILES string of the molecule is CC(CNCc1ccnn1C)CN(C)C(=O)OC(C)(C)C. The highest BCUT2D eigenvalue weighted by Gasteiger charge is 2.20. The van der Waals surface area contributed by atoms with Crippen LogP contribution in [0.15, 0.2) is 12.3 Å². The summed E-state index contributed by atoms with van der Waals surface area (Å²) in [6.07, 6.45) is 1.51. The van der Waals surface area contributed by atoms with Crippen molar-refractivity contribution in [2.45, 2.75) is 39.8 Å². The van der Waals surface area contributed by atoms with Crippen molar-refractivity contribution in [3.63, 3.8) is 0 Å². The number of ether oxygens (including phenoxy) is 1. The van der Waals surface area contributed by atoms with Gasteiger partial charge in [-0.3, -0.25) is 4.68 Å². The molecule has 0 aliphatic carbocycles. The predicted molar refractivity (Wildman–Crippen MR) is 82.9 cm³/mol. The Labute approximate surface area is 127 Å². The normalized spacial score (nSPS) is 13.0. The number of hydrogen-bond acceptors (Lipinski definition) is 4. The number of rotatable bonds is 6. The molecule has 1 aromatic heterocycles. The molecule has 6 heteroatoms. The van der Waals surface area contributed by atoms with E-state index in [9.17, 15) is 4.79 Å². The number of amides is 1. The standard InChI is InChI=1S/C15H28N4O2/c1-12(9-16-10-13-7-8-17-19(13)6)11-18(5)14(20)21-15(2,3)4/h7-8,12,16H,9-11H2,1-6H3. The van der Waals surface area contributed by atoms with Crippen molar-refractivity contribution >= 4 is 6.09 Å². The Kier molecular flexibility index (Phi) is 6.20. The van der Waals surface area contributed by atoms with Gasteiger partial charge < -0.3 is 15.0 Å². The Bertz CT molecular complexity index is 451. The molecule has 0 fully saturated rings. The van der Waals surface area contributed by atoms with Crippen LogP contribution in [0.2, 0.25) is 0 Å². The summed E-state index contributed by atoms with van der Waals surface area (Å²) in [4.78, 5) is 13.5. The third kappa shape index (κ3) is 6.62. The molecule has 0 saturated carbocycles. The minimum atomic E-state index is -0.452. The molecule has 6 nitrogen and oxygen atoms in total. The van der Waals surface area contributed by atoms with Crippen molar-refractivity contribution in [3.8, 4) is 0 Å². The lowest BCUT2D eigenvalue weighted by Gasteiger charge is -2.26. The fraction of sp³-hybridized carbons (Fsp3) is 0.733. The van der Waals surface area contributed by atoms with Gasteiger partial charge in [0, 0.05) is 33.4 Å². The summed E-state index contributed by atoms with van der Waals surface area (Å²) in [5.41, 5.74) is 0.689. The van der Waals surface area contributed by atoms with Crippen LogP contribution in [0.1, 0.15) is 33.4 Å². The van der Waals surface area contributed by atoms with Crippen LogP contribution in [0.25, 0.3) is 0 Å². The molecule has 1 atom stereocenters. The van der Waals surface area contributed by atoms with E-state index in [-0.39, 0.29) is 6.09 Å². The molecule has 0 aliphatic heterocycles. The maximum Gasteiger partial charge on any atom is 0.410 e. The summed E-state index contributed by atoms with van der Waals surface area (Å²) in [7, 11) is 3.70. The Morgan fingerprint density at radius 2 is 2.19 bits per heavy atom. The second-order valence-corrected chi connectivity index (χ2v) is 6.54. The van der Waals surface area contributed by atoms with Gasteiger partial charge in [-0.1, -0.05) is 6.92 Å². The molecular formula is C15H28N4O2. The molecule has 0 radical (unpaired) electrons. The van der Waals surface area contributed by atoms with Crippen LogP contribution in [0, 0.1) is 5.92 Å². The minimum absolute atomic E-state index is 0.277. The molecule has 0 aromatic carbocycles. The molecule has 1 rings (SSSR count). The van der Waals surface area contributed by atoms with Gasteiger partial charge in [0.05, 0.1) is 5.69 Å². The average Bonchev–Trinajstić information content (AvgIpc) is 2.73. The maximum absolute atomic E-state index is 11.9. The first-order valence-electron chi connectivity index (χ1n) is 7.30. The lowest BCUT2D eigenvalue weighted by atomic mass is 10.1. The van der Waals surface area contributed by atoms with Gasteiger partial charge in [0.1, 0.15) is 5.60 Å². The Hall–Kier alpha value is -1.56. The molecule has 1 N–H and O–H groups in total. The highest BCUT2D eigenvalue weighted by molar-refractivity contribution is 5.67. The molecule has 1 heterocycles. The first kappa shape index (κ1) is 17.5. The van der Waals surface area contributed by atoms with Gasteiger partial charge in [-0.25, -0.2) is 4.79 Å². The number of nitrogens with zero attached hydrogens (tertiary/aromatic N) is 3. The van der Waals surface area contributed by atoms with Crippen LogP contribution in [0.3, 0.4) is 0 Å². The third-order valence-electron chi connectivity index (χ3n) is 3.01. The highest BCUT2D eigenvalue weighted by Crippen LogP contribution is 2.10. The number of hydrogen-bond donors (Lipinski definition) is 1. The van der Waals surface area contributed by atoms with E-state index >= 15 is 0 Å². The van der Waals surface area contributed by atoms with Gasteiger partial charge in [0.25, 0.3) is 0 Å². The Balaban J connectivity index is 2.28. The van der Waals surface area contributed by atoms with Crippen LogP contribution >= 0.6 is 0 Å². The first-order valence-corrected chi connectivity index (χ1v) is 7.30. The fourth-order valence-corrected chi connectivity index (χ4v) is 1.97. The van der Waals surface area contributed by atoms with E-state index in [1.807, 2.05) is 38.6 Å². The van der Waals surface area contributed by atoms with Crippen molar-refractivity contribution in [2.24, 2.45) is 13.0 Å². The van der Waals surface area contributed by atoms with Crippen molar-refractivity contribution in [1.82, 2.24) is 20.0 Å². The van der Waals surface area contributed by atoms with Crippen molar-refractivity contribution in [2.75, 3.05) is 20.1 Å². The van der Waals surface area contributed by atoms with E-state index in [2.05, 4.69) is 17.3 Å². The molecule has 120 valence electrons. The lowest BCUT2D eigenvalue weighted by Crippen LogP contribution is -2.38. The smallest absolute Gasteiger partial charge is 0.410 e. The molecule has 0 saturated heterocycles. The quantitative estimate of drug-likeness (QED) is 0.872. The topological polar surface area (TPSA) is 59.4 Å². The monoisotopic (exact) mass is 296 g/mol. The molecular weight excluding hydrogens is 268 g/mol. The highest BCUT2D eigenvalue weighted by atomic mass is 16.6. The molecule has 1 aromatic rings. The van der Waals surface area contributed by atoms with Crippen molar-refractivity contribution in [3.05, 3.63) is 18.0 Å². The predicted octanol–water partition coefficient (Wildman–Crippen LogP) is 2.01. The summed E-state index contributed by atoms with van der Waals surface area (Å²) in [6.45, 7) is 9.99. The summed E-state index contributed by atoms with van der Waals surface area (Å²) < 4.78 is 7.19. The zero-order valence-electron chi connectivity index (χ0n) is 14.0. The van der Waals surface area contributed by atoms with Crippen molar-refractivity contribution in [1.29, 1.82) is 0 Å². The van der Waals surface area contributed by atoms with E-state index in [1.165, 1.54) is 0 Å². The number of aryl methyl sites for hydroxylation is 1. The number of aromatic nitrogens is 2. The number of carbonyl (C=O) groups excluding carboxylic acids is 1. The summed E-state index contributed by atoms with van der Waals surface area (Å²) >= 11 is 0. The van der Waals surface area contributed by atoms with Gasteiger partial charge in [-0.05, 0) is 39.3 Å². The minimum Gasteiger partial charge on any atom is -0.444 e. The van der Waals surface area contributed by atoms with E-state index in [0.717, 1.165) is 18.8 Å². The van der Waals surface area contributed by atoms with E-state index < -0.39 is 5.60 Å². The number of carbonyl (C=O) groups is 1. The molecule has 21 heavy (non-hydrogen) atoms. The van der Waals surface area contributed by atoms with Gasteiger partial charge in [0.2, 0.25) is 0 Å². The van der Waals surface area contributed by atoms with Crippen LogP contribution in [0.5, 0.6) is 0 Å². The number of nitrogens with one attached hydrogen (secondary N) is 1. The molecule has 1 amide bonds. The van der Waals surface area contributed by atoms with Gasteiger partial charge in [-0.15, -0.1) is 0 Å². The summed E-state index contributed by atoms with van der Waals surface area (Å²) in [6, 6.07) is 1.99. The second kappa shape index (κ2) is 7.45. The Morgan fingerprint density at radius 3 is 2.71 bits per heavy atom. The molecule has 0 spiro atoms. The van der Waals surface area contributed by atoms with Gasteiger partial charge in [0.15, 0.2) is 0 Å². The van der Waals surface area contributed by atoms with Crippen molar-refractivity contribution < 1.29 is 9.53 Å². The maximum atomic E-state index is 11.9. The zero-order chi connectivity index (χ0) is 16.0. The molecule has 0 bridgehead atoms. The van der Waals surface area contributed by atoms with Gasteiger partial charge in [-0.2, -0.15) is 5.10 Å². The van der Waals surface area contributed by atoms with E-state index in [1.54, 1.807) is 18.1 Å². The zero-order valence-corrected chi connectivity index (χ0v) is 14.0. The van der Waals surface area contributed by atoms with Crippen LogP contribution in [0.4, 0.5) is 4.79 Å². The van der Waals surface area contributed by atoms with Crippen LogP contribution in [-0.4, -0.2) is 46.5 Å². The van der Waals surface area contributed by atoms with E-state index in [0.29, 0.717) is 12.5 Å². The van der Waals surface area contributed by atoms with E-state index in [4.69, 9.17) is 4.74 Å².